The van der Waals surface area contributed by atoms with E-state index in [1.54, 1.807) is 42.5 Å². The van der Waals surface area contributed by atoms with Gasteiger partial charge in [-0.15, -0.1) is 0 Å². The zero-order valence-corrected chi connectivity index (χ0v) is 20.2. The van der Waals surface area contributed by atoms with Crippen molar-refractivity contribution in [1.29, 1.82) is 0 Å². The van der Waals surface area contributed by atoms with Gasteiger partial charge in [0.2, 0.25) is 5.78 Å². The van der Waals surface area contributed by atoms with E-state index >= 15 is 0 Å². The van der Waals surface area contributed by atoms with Gasteiger partial charge in [-0.05, 0) is 67.4 Å². The zero-order valence-electron chi connectivity index (χ0n) is 20.2. The van der Waals surface area contributed by atoms with E-state index < -0.39 is 40.9 Å². The quantitative estimate of drug-likeness (QED) is 0.509. The number of aliphatic hydroxyl groups is 2. The van der Waals surface area contributed by atoms with Gasteiger partial charge in [0.25, 0.3) is 0 Å². The number of ketones is 2. The highest BCUT2D eigenvalue weighted by Crippen LogP contribution is 2.68. The Morgan fingerprint density at radius 1 is 1.20 bits per heavy atom. The highest BCUT2D eigenvalue weighted by Gasteiger charge is 2.69. The second-order valence-electron chi connectivity index (χ2n) is 11.1. The largest absolute Gasteiger partial charge is 0.454 e. The number of allylic oxidation sites excluding steroid dienone is 4. The van der Waals surface area contributed by atoms with Crippen molar-refractivity contribution in [3.05, 3.63) is 71.8 Å². The molecule has 0 heterocycles. The summed E-state index contributed by atoms with van der Waals surface area (Å²) in [5.41, 5.74) is -1.47. The summed E-state index contributed by atoms with van der Waals surface area (Å²) in [5, 5.41) is 23.4. The molecule has 35 heavy (non-hydrogen) atoms. The lowest BCUT2D eigenvalue weighted by Gasteiger charge is -2.59. The number of hydrogen-bond acceptors (Lipinski definition) is 6. The molecule has 2 N–H and O–H groups in total. The number of esters is 1. The van der Waals surface area contributed by atoms with Gasteiger partial charge in [-0.2, -0.15) is 0 Å². The maximum absolute atomic E-state index is 13.4. The minimum absolute atomic E-state index is 0.0228. The molecule has 3 saturated carbocycles. The van der Waals surface area contributed by atoms with E-state index in [4.69, 9.17) is 4.74 Å². The van der Waals surface area contributed by atoms with Crippen molar-refractivity contribution in [2.75, 3.05) is 6.61 Å². The van der Waals surface area contributed by atoms with Crippen LogP contribution in [0.2, 0.25) is 0 Å². The molecule has 0 amide bonds. The molecule has 5 rings (SSSR count). The standard InChI is InChI=1S/C29H32O6/c1-17-13-22-21-10-9-19-14-20(30)11-12-27(19,2)25(21)23(31)15-28(22,3)29(17,34)24(32)16-35-26(33)18-7-5-4-6-8-18/h4-8,11-12,14,21-23,25,31,34H,1,9-10,13,15-16H2,2-3H3/t21-,22-,23-,25+,27-,28-,29-/m0/s1. The molecule has 184 valence electrons. The van der Waals surface area contributed by atoms with Crippen molar-refractivity contribution in [2.24, 2.45) is 28.6 Å². The minimum atomic E-state index is -1.89. The summed E-state index contributed by atoms with van der Waals surface area (Å²) in [7, 11) is 0. The average molecular weight is 477 g/mol. The Morgan fingerprint density at radius 2 is 1.91 bits per heavy atom. The van der Waals surface area contributed by atoms with Crippen LogP contribution in [0.4, 0.5) is 0 Å². The first-order valence-electron chi connectivity index (χ1n) is 12.3. The predicted octanol–water partition coefficient (Wildman–Crippen LogP) is 3.59. The van der Waals surface area contributed by atoms with E-state index in [1.165, 1.54) is 0 Å². The van der Waals surface area contributed by atoms with Crippen molar-refractivity contribution in [3.63, 3.8) is 0 Å². The van der Waals surface area contributed by atoms with Gasteiger partial charge in [-0.1, -0.05) is 50.3 Å². The van der Waals surface area contributed by atoms with Crippen LogP contribution in [0.25, 0.3) is 0 Å². The molecule has 0 unspecified atom stereocenters. The van der Waals surface area contributed by atoms with Crippen molar-refractivity contribution >= 4 is 17.5 Å². The van der Waals surface area contributed by atoms with Gasteiger partial charge in [0, 0.05) is 16.7 Å². The van der Waals surface area contributed by atoms with E-state index in [2.05, 4.69) is 13.5 Å². The van der Waals surface area contributed by atoms with E-state index in [0.29, 0.717) is 17.6 Å². The summed E-state index contributed by atoms with van der Waals surface area (Å²) in [6, 6.07) is 8.40. The number of rotatable bonds is 4. The molecule has 3 fully saturated rings. The maximum atomic E-state index is 13.4. The first-order valence-corrected chi connectivity index (χ1v) is 12.3. The van der Waals surface area contributed by atoms with Gasteiger partial charge in [-0.25, -0.2) is 4.79 Å². The lowest BCUT2D eigenvalue weighted by atomic mass is 9.46. The Bertz CT molecular complexity index is 1160. The molecule has 0 spiro atoms. The van der Waals surface area contributed by atoms with Crippen LogP contribution in [0, 0.1) is 28.6 Å². The van der Waals surface area contributed by atoms with E-state index in [1.807, 2.05) is 13.0 Å². The van der Waals surface area contributed by atoms with Gasteiger partial charge < -0.3 is 14.9 Å². The topological polar surface area (TPSA) is 101 Å². The fourth-order valence-electron chi connectivity index (χ4n) is 7.69. The normalized spacial score (nSPS) is 39.8. The summed E-state index contributed by atoms with van der Waals surface area (Å²) in [6.07, 6.45) is 6.63. The third kappa shape index (κ3) is 3.34. The monoisotopic (exact) mass is 476 g/mol. The molecule has 1 aromatic carbocycles. The van der Waals surface area contributed by atoms with Crippen LogP contribution in [0.5, 0.6) is 0 Å². The molecule has 0 aromatic heterocycles. The number of aliphatic hydroxyl groups excluding tert-OH is 1. The SMILES string of the molecule is C=C1C[C@H]2[C@@H]3CCC4=CC(=O)C=C[C@]4(C)[C@H]3[C@@H](O)C[C@]2(C)[C@@]1(O)C(=O)COC(=O)c1ccccc1. The summed E-state index contributed by atoms with van der Waals surface area (Å²) in [6.45, 7) is 7.47. The van der Waals surface area contributed by atoms with Crippen molar-refractivity contribution in [2.45, 2.75) is 51.2 Å². The van der Waals surface area contributed by atoms with Crippen LogP contribution in [0.3, 0.4) is 0 Å². The third-order valence-electron chi connectivity index (χ3n) is 9.44. The Balaban J connectivity index is 1.41. The smallest absolute Gasteiger partial charge is 0.338 e. The van der Waals surface area contributed by atoms with E-state index in [-0.39, 0.29) is 30.0 Å². The second-order valence-corrected chi connectivity index (χ2v) is 11.1. The molecular formula is C29H32O6. The Morgan fingerprint density at radius 3 is 2.63 bits per heavy atom. The van der Waals surface area contributed by atoms with Crippen LogP contribution < -0.4 is 0 Å². The fraction of sp³-hybridized carbons (Fsp3) is 0.483. The molecule has 6 nitrogen and oxygen atoms in total. The lowest BCUT2D eigenvalue weighted by molar-refractivity contribution is -0.173. The number of benzene rings is 1. The maximum Gasteiger partial charge on any atom is 0.338 e. The summed E-state index contributed by atoms with van der Waals surface area (Å²) < 4.78 is 5.27. The van der Waals surface area contributed by atoms with E-state index in [0.717, 1.165) is 18.4 Å². The first kappa shape index (κ1) is 23.9. The molecule has 4 aliphatic carbocycles. The lowest BCUT2D eigenvalue weighted by Crippen LogP contribution is -2.62. The number of carbonyl (C=O) groups excluding carboxylic acids is 3. The molecule has 6 heteroatoms. The molecule has 0 aliphatic heterocycles. The van der Waals surface area contributed by atoms with Gasteiger partial charge >= 0.3 is 5.97 Å². The highest BCUT2D eigenvalue weighted by molar-refractivity contribution is 6.01. The summed E-state index contributed by atoms with van der Waals surface area (Å²) in [4.78, 5) is 37.8. The van der Waals surface area contributed by atoms with Gasteiger partial charge in [0.15, 0.2) is 18.0 Å². The highest BCUT2D eigenvalue weighted by atomic mass is 16.5. The molecule has 0 bridgehead atoms. The Labute approximate surface area is 205 Å². The molecule has 0 saturated heterocycles. The van der Waals surface area contributed by atoms with Crippen LogP contribution in [-0.4, -0.2) is 46.1 Å². The molecule has 7 atom stereocenters. The van der Waals surface area contributed by atoms with Crippen LogP contribution >= 0.6 is 0 Å². The molecule has 1 aromatic rings. The zero-order chi connectivity index (χ0) is 25.2. The second kappa shape index (κ2) is 8.10. The third-order valence-corrected chi connectivity index (χ3v) is 9.44. The van der Waals surface area contributed by atoms with Crippen molar-refractivity contribution in [1.82, 2.24) is 0 Å². The predicted molar refractivity (Wildman–Crippen MR) is 129 cm³/mol. The Kier molecular flexibility index (Phi) is 5.53. The molecule has 4 aliphatic rings. The van der Waals surface area contributed by atoms with Crippen molar-refractivity contribution < 1.29 is 29.3 Å². The fourth-order valence-corrected chi connectivity index (χ4v) is 7.69. The van der Waals surface area contributed by atoms with Crippen LogP contribution in [0.1, 0.15) is 49.9 Å². The van der Waals surface area contributed by atoms with Gasteiger partial charge in [-0.3, -0.25) is 9.59 Å². The number of Topliss-reactive ketones (excluding diaryl/α,β-unsaturated/α-hetero) is 1. The van der Waals surface area contributed by atoms with E-state index in [9.17, 15) is 24.6 Å². The number of hydrogen-bond donors (Lipinski definition) is 2. The Hall–Kier alpha value is -2.83. The van der Waals surface area contributed by atoms with Crippen molar-refractivity contribution in [3.8, 4) is 0 Å². The number of carbonyl (C=O) groups is 3. The van der Waals surface area contributed by atoms with Gasteiger partial charge in [0.1, 0.15) is 0 Å². The summed E-state index contributed by atoms with van der Waals surface area (Å²) >= 11 is 0. The molecule has 0 radical (unpaired) electrons. The van der Waals surface area contributed by atoms with Gasteiger partial charge in [0.05, 0.1) is 11.7 Å². The van der Waals surface area contributed by atoms with Crippen LogP contribution in [0.15, 0.2) is 66.3 Å². The number of fused-ring (bicyclic) bond motifs is 5. The first-order chi connectivity index (χ1) is 16.5. The average Bonchev–Trinajstić information content (AvgIpc) is 3.04. The molecular weight excluding hydrogens is 444 g/mol. The minimum Gasteiger partial charge on any atom is -0.454 e. The number of ether oxygens (including phenoxy) is 1. The summed E-state index contributed by atoms with van der Waals surface area (Å²) in [5.74, 6) is -1.39. The van der Waals surface area contributed by atoms with Crippen LogP contribution in [-0.2, 0) is 14.3 Å².